The minimum absolute atomic E-state index is 0.0466. The Bertz CT molecular complexity index is 331. The van der Waals surface area contributed by atoms with E-state index in [-0.39, 0.29) is 12.1 Å². The van der Waals surface area contributed by atoms with E-state index in [0.29, 0.717) is 32.2 Å². The molecule has 0 aromatic heterocycles. The first-order chi connectivity index (χ1) is 9.17. The van der Waals surface area contributed by atoms with E-state index in [1.54, 1.807) is 0 Å². The van der Waals surface area contributed by atoms with Gasteiger partial charge in [0, 0.05) is 30.5 Å². The number of nitrogens with zero attached hydrogens (tertiary/aromatic N) is 4. The van der Waals surface area contributed by atoms with Crippen LogP contribution in [0.25, 0.3) is 10.4 Å². The highest BCUT2D eigenvalue weighted by Crippen LogP contribution is 2.13. The number of rotatable bonds is 7. The third-order valence-electron chi connectivity index (χ3n) is 3.21. The predicted molar refractivity (Wildman–Crippen MR) is 70.7 cm³/mol. The Morgan fingerprint density at radius 2 is 2.47 bits per heavy atom. The molecule has 1 aliphatic rings. The number of carbonyl (C=O) groups excluding carboxylic acids is 1. The monoisotopic (exact) mass is 270 g/mol. The quantitative estimate of drug-likeness (QED) is 0.305. The summed E-state index contributed by atoms with van der Waals surface area (Å²) < 4.78 is 10.4. The average Bonchev–Trinajstić information content (AvgIpc) is 2.43. The molecule has 1 saturated heterocycles. The largest absolute Gasteiger partial charge is 0.466 e. The molecule has 1 unspecified atom stereocenters. The number of carbonyl (C=O) groups is 1. The SMILES string of the molecule is CCOC(=O)CCC(C)N1CCO[C@@H](CN=[N+]=[N-])C1. The molecule has 19 heavy (non-hydrogen) atoms. The van der Waals surface area contributed by atoms with E-state index >= 15 is 0 Å². The van der Waals surface area contributed by atoms with E-state index in [2.05, 4.69) is 21.8 Å². The molecule has 0 amide bonds. The van der Waals surface area contributed by atoms with E-state index in [4.69, 9.17) is 15.0 Å². The van der Waals surface area contributed by atoms with Crippen LogP contribution in [0, 0.1) is 0 Å². The third kappa shape index (κ3) is 5.92. The summed E-state index contributed by atoms with van der Waals surface area (Å²) in [6.07, 6.45) is 1.16. The van der Waals surface area contributed by atoms with Crippen LogP contribution in [0.4, 0.5) is 0 Å². The van der Waals surface area contributed by atoms with Crippen molar-refractivity contribution in [2.75, 3.05) is 32.8 Å². The van der Waals surface area contributed by atoms with E-state index in [9.17, 15) is 4.79 Å². The van der Waals surface area contributed by atoms with Crippen LogP contribution in [0.3, 0.4) is 0 Å². The number of morpholine rings is 1. The van der Waals surface area contributed by atoms with Gasteiger partial charge in [0.2, 0.25) is 0 Å². The van der Waals surface area contributed by atoms with Gasteiger partial charge in [0.25, 0.3) is 0 Å². The summed E-state index contributed by atoms with van der Waals surface area (Å²) in [5.41, 5.74) is 8.31. The fraction of sp³-hybridized carbons (Fsp3) is 0.917. The lowest BCUT2D eigenvalue weighted by atomic mass is 10.1. The lowest BCUT2D eigenvalue weighted by Gasteiger charge is -2.36. The normalized spacial score (nSPS) is 21.5. The van der Waals surface area contributed by atoms with Gasteiger partial charge in [-0.15, -0.1) is 0 Å². The van der Waals surface area contributed by atoms with Gasteiger partial charge in [0.05, 0.1) is 25.9 Å². The van der Waals surface area contributed by atoms with Crippen molar-refractivity contribution in [1.29, 1.82) is 0 Å². The van der Waals surface area contributed by atoms with Crippen molar-refractivity contribution in [2.24, 2.45) is 5.11 Å². The van der Waals surface area contributed by atoms with Crippen LogP contribution in [-0.2, 0) is 14.3 Å². The van der Waals surface area contributed by atoms with Crippen LogP contribution in [0.15, 0.2) is 5.11 Å². The minimum Gasteiger partial charge on any atom is -0.466 e. The number of hydrogen-bond acceptors (Lipinski definition) is 5. The molecule has 7 nitrogen and oxygen atoms in total. The van der Waals surface area contributed by atoms with Gasteiger partial charge in [0.15, 0.2) is 0 Å². The molecule has 0 saturated carbocycles. The molecule has 7 heteroatoms. The predicted octanol–water partition coefficient (Wildman–Crippen LogP) is 1.73. The van der Waals surface area contributed by atoms with Crippen molar-refractivity contribution >= 4 is 5.97 Å². The topological polar surface area (TPSA) is 87.5 Å². The van der Waals surface area contributed by atoms with Crippen molar-refractivity contribution in [1.82, 2.24) is 4.90 Å². The van der Waals surface area contributed by atoms with E-state index in [1.807, 2.05) is 6.92 Å². The van der Waals surface area contributed by atoms with Gasteiger partial charge >= 0.3 is 5.97 Å². The van der Waals surface area contributed by atoms with Gasteiger partial charge in [-0.25, -0.2) is 0 Å². The molecule has 1 rings (SSSR count). The Morgan fingerprint density at radius 3 is 3.16 bits per heavy atom. The maximum atomic E-state index is 11.3. The van der Waals surface area contributed by atoms with Crippen molar-refractivity contribution in [3.8, 4) is 0 Å². The first kappa shape index (κ1) is 15.8. The third-order valence-corrected chi connectivity index (χ3v) is 3.21. The highest BCUT2D eigenvalue weighted by molar-refractivity contribution is 5.69. The molecule has 108 valence electrons. The molecule has 2 atom stereocenters. The van der Waals surface area contributed by atoms with Crippen LogP contribution in [-0.4, -0.2) is 55.9 Å². The zero-order valence-corrected chi connectivity index (χ0v) is 11.6. The maximum Gasteiger partial charge on any atom is 0.305 e. The summed E-state index contributed by atoms with van der Waals surface area (Å²) in [6, 6.07) is 0.293. The number of ether oxygens (including phenoxy) is 2. The van der Waals surface area contributed by atoms with Gasteiger partial charge in [0.1, 0.15) is 0 Å². The fourth-order valence-corrected chi connectivity index (χ4v) is 2.12. The molecule has 1 heterocycles. The number of esters is 1. The molecule has 1 aliphatic heterocycles. The second kappa shape index (κ2) is 8.74. The zero-order valence-electron chi connectivity index (χ0n) is 11.6. The lowest BCUT2D eigenvalue weighted by Crippen LogP contribution is -2.47. The molecule has 1 fully saturated rings. The fourth-order valence-electron chi connectivity index (χ4n) is 2.12. The Balaban J connectivity index is 2.32. The molecule has 0 radical (unpaired) electrons. The molecular weight excluding hydrogens is 248 g/mol. The Hall–Kier alpha value is -1.30. The van der Waals surface area contributed by atoms with Gasteiger partial charge in [-0.3, -0.25) is 9.69 Å². The maximum absolute atomic E-state index is 11.3. The molecular formula is C12H22N4O3. The zero-order chi connectivity index (χ0) is 14.1. The average molecular weight is 270 g/mol. The second-order valence-corrected chi connectivity index (χ2v) is 4.59. The van der Waals surface area contributed by atoms with Crippen LogP contribution in [0.5, 0.6) is 0 Å². The Labute approximate surface area is 113 Å². The standard InChI is InChI=1S/C12H22N4O3/c1-3-18-12(17)5-4-10(2)16-6-7-19-11(9-16)8-14-15-13/h10-11H,3-9H2,1-2H3/t10?,11-/m0/s1. The summed E-state index contributed by atoms with van der Waals surface area (Å²) in [7, 11) is 0. The Morgan fingerprint density at radius 1 is 1.68 bits per heavy atom. The Kier molecular flexibility index (Phi) is 7.25. The van der Waals surface area contributed by atoms with Gasteiger partial charge in [-0.05, 0) is 25.8 Å². The van der Waals surface area contributed by atoms with Crippen molar-refractivity contribution < 1.29 is 14.3 Å². The first-order valence-electron chi connectivity index (χ1n) is 6.69. The van der Waals surface area contributed by atoms with Crippen LogP contribution in [0.2, 0.25) is 0 Å². The summed E-state index contributed by atoms with van der Waals surface area (Å²) in [5, 5.41) is 3.54. The van der Waals surface area contributed by atoms with E-state index in [1.165, 1.54) is 0 Å². The van der Waals surface area contributed by atoms with Crippen LogP contribution < -0.4 is 0 Å². The second-order valence-electron chi connectivity index (χ2n) is 4.59. The highest BCUT2D eigenvalue weighted by Gasteiger charge is 2.23. The van der Waals surface area contributed by atoms with Gasteiger partial charge < -0.3 is 9.47 Å². The molecule has 0 spiro atoms. The first-order valence-corrected chi connectivity index (χ1v) is 6.69. The molecule has 0 aliphatic carbocycles. The summed E-state index contributed by atoms with van der Waals surface area (Å²) in [4.78, 5) is 16.3. The van der Waals surface area contributed by atoms with Gasteiger partial charge in [-0.1, -0.05) is 5.11 Å². The van der Waals surface area contributed by atoms with Gasteiger partial charge in [-0.2, -0.15) is 0 Å². The number of hydrogen-bond donors (Lipinski definition) is 0. The molecule has 0 N–H and O–H groups in total. The minimum atomic E-state index is -0.145. The highest BCUT2D eigenvalue weighted by atomic mass is 16.5. The van der Waals surface area contributed by atoms with Crippen LogP contribution in [0.1, 0.15) is 26.7 Å². The van der Waals surface area contributed by atoms with Crippen molar-refractivity contribution in [2.45, 2.75) is 38.8 Å². The lowest BCUT2D eigenvalue weighted by molar-refractivity contribution is -0.143. The smallest absolute Gasteiger partial charge is 0.305 e. The summed E-state index contributed by atoms with van der Waals surface area (Å²) in [6.45, 7) is 6.91. The van der Waals surface area contributed by atoms with Crippen molar-refractivity contribution in [3.63, 3.8) is 0 Å². The molecule has 0 bridgehead atoms. The molecule has 0 aromatic rings. The summed E-state index contributed by atoms with van der Waals surface area (Å²) in [5.74, 6) is -0.145. The number of azide groups is 1. The van der Waals surface area contributed by atoms with E-state index < -0.39 is 0 Å². The van der Waals surface area contributed by atoms with E-state index in [0.717, 1.165) is 19.5 Å². The van der Waals surface area contributed by atoms with Crippen molar-refractivity contribution in [3.05, 3.63) is 10.4 Å². The molecule has 0 aromatic carbocycles. The summed E-state index contributed by atoms with van der Waals surface area (Å²) >= 11 is 0. The van der Waals surface area contributed by atoms with Crippen LogP contribution >= 0.6 is 0 Å².